The number of carbonyl (C=O) groups excluding carboxylic acids is 2. The number of carbonyl (C=O) groups is 2. The molecular formula is C16H22N2O2. The van der Waals surface area contributed by atoms with Crippen LogP contribution >= 0.6 is 0 Å². The lowest BCUT2D eigenvalue weighted by molar-refractivity contribution is -0.121. The van der Waals surface area contributed by atoms with Gasteiger partial charge in [0.25, 0.3) is 5.91 Å². The second-order valence-corrected chi connectivity index (χ2v) is 5.87. The molecule has 1 heterocycles. The van der Waals surface area contributed by atoms with E-state index in [-0.39, 0.29) is 23.8 Å². The van der Waals surface area contributed by atoms with Crippen LogP contribution in [0.25, 0.3) is 0 Å². The normalized spacial score (nSPS) is 13.8. The van der Waals surface area contributed by atoms with Crippen LogP contribution < -0.4 is 10.2 Å². The van der Waals surface area contributed by atoms with Gasteiger partial charge in [-0.05, 0) is 44.0 Å². The second-order valence-electron chi connectivity index (χ2n) is 5.87. The fourth-order valence-electron chi connectivity index (χ4n) is 2.43. The molecule has 0 aliphatic carbocycles. The summed E-state index contributed by atoms with van der Waals surface area (Å²) in [6, 6.07) is 5.70. The lowest BCUT2D eigenvalue weighted by Gasteiger charge is -2.19. The summed E-state index contributed by atoms with van der Waals surface area (Å²) >= 11 is 0. The van der Waals surface area contributed by atoms with Gasteiger partial charge in [0.1, 0.15) is 0 Å². The van der Waals surface area contributed by atoms with Gasteiger partial charge in [-0.25, -0.2) is 0 Å². The van der Waals surface area contributed by atoms with Crippen molar-refractivity contribution in [2.45, 2.75) is 40.2 Å². The Hall–Kier alpha value is -1.84. The van der Waals surface area contributed by atoms with Gasteiger partial charge < -0.3 is 10.2 Å². The Morgan fingerprint density at radius 2 is 1.90 bits per heavy atom. The molecule has 1 aromatic rings. The zero-order chi connectivity index (χ0) is 14.9. The maximum Gasteiger partial charge on any atom is 0.251 e. The highest BCUT2D eigenvalue weighted by Gasteiger charge is 2.26. The number of nitrogens with one attached hydrogen (secondary N) is 1. The third-order valence-electron chi connectivity index (χ3n) is 3.42. The predicted molar refractivity (Wildman–Crippen MR) is 79.9 cm³/mol. The Balaban J connectivity index is 2.23. The molecule has 0 fully saturated rings. The van der Waals surface area contributed by atoms with E-state index >= 15 is 0 Å². The number of fused-ring (bicyclic) bond motifs is 1. The van der Waals surface area contributed by atoms with E-state index in [1.54, 1.807) is 6.07 Å². The van der Waals surface area contributed by atoms with E-state index in [2.05, 4.69) is 5.32 Å². The molecular weight excluding hydrogens is 252 g/mol. The van der Waals surface area contributed by atoms with Crippen molar-refractivity contribution in [2.75, 3.05) is 11.4 Å². The van der Waals surface area contributed by atoms with E-state index in [0.717, 1.165) is 17.7 Å². The number of rotatable bonds is 3. The first-order valence-corrected chi connectivity index (χ1v) is 7.15. The Labute approximate surface area is 120 Å². The Kier molecular flexibility index (Phi) is 4.12. The first-order valence-electron chi connectivity index (χ1n) is 7.15. The highest BCUT2D eigenvalue weighted by atomic mass is 16.2. The van der Waals surface area contributed by atoms with Gasteiger partial charge in [-0.1, -0.05) is 13.8 Å². The van der Waals surface area contributed by atoms with Crippen LogP contribution in [0.15, 0.2) is 18.2 Å². The van der Waals surface area contributed by atoms with Gasteiger partial charge in [-0.15, -0.1) is 0 Å². The van der Waals surface area contributed by atoms with Crippen LogP contribution in [0.3, 0.4) is 0 Å². The summed E-state index contributed by atoms with van der Waals surface area (Å²) < 4.78 is 0. The van der Waals surface area contributed by atoms with Crippen molar-refractivity contribution in [3.63, 3.8) is 0 Å². The van der Waals surface area contributed by atoms with E-state index in [4.69, 9.17) is 0 Å². The smallest absolute Gasteiger partial charge is 0.251 e. The van der Waals surface area contributed by atoms with Gasteiger partial charge in [0.2, 0.25) is 5.91 Å². The minimum Gasteiger partial charge on any atom is -0.350 e. The van der Waals surface area contributed by atoms with Gasteiger partial charge in [-0.2, -0.15) is 0 Å². The third-order valence-corrected chi connectivity index (χ3v) is 3.42. The molecule has 0 spiro atoms. The maximum absolute atomic E-state index is 12.1. The molecule has 4 heteroatoms. The molecule has 0 saturated carbocycles. The zero-order valence-electron chi connectivity index (χ0n) is 12.6. The topological polar surface area (TPSA) is 49.4 Å². The van der Waals surface area contributed by atoms with Crippen molar-refractivity contribution in [3.05, 3.63) is 29.3 Å². The number of amides is 2. The molecule has 0 saturated heterocycles. The van der Waals surface area contributed by atoms with Crippen molar-refractivity contribution in [1.82, 2.24) is 5.32 Å². The quantitative estimate of drug-likeness (QED) is 0.920. The van der Waals surface area contributed by atoms with Crippen molar-refractivity contribution < 1.29 is 9.59 Å². The highest BCUT2D eigenvalue weighted by molar-refractivity contribution is 5.99. The van der Waals surface area contributed by atoms with Crippen LogP contribution in [-0.2, 0) is 11.2 Å². The molecule has 4 nitrogen and oxygen atoms in total. The van der Waals surface area contributed by atoms with Crippen LogP contribution in [0.4, 0.5) is 5.69 Å². The molecule has 0 radical (unpaired) electrons. The fraction of sp³-hybridized carbons (Fsp3) is 0.500. The third kappa shape index (κ3) is 2.84. The van der Waals surface area contributed by atoms with Crippen molar-refractivity contribution >= 4 is 17.5 Å². The van der Waals surface area contributed by atoms with Crippen molar-refractivity contribution in [1.29, 1.82) is 0 Å². The zero-order valence-corrected chi connectivity index (χ0v) is 12.6. The minimum absolute atomic E-state index is 0.00938. The van der Waals surface area contributed by atoms with E-state index < -0.39 is 0 Å². The SMILES string of the molecule is CC(C)NC(=O)c1ccc2c(c1)CCN2C(=O)C(C)C. The molecule has 0 unspecified atom stereocenters. The molecule has 1 aliphatic heterocycles. The lowest BCUT2D eigenvalue weighted by atomic mass is 10.1. The molecule has 1 aliphatic rings. The number of hydrogen-bond donors (Lipinski definition) is 1. The van der Waals surface area contributed by atoms with Crippen molar-refractivity contribution in [3.8, 4) is 0 Å². The summed E-state index contributed by atoms with van der Waals surface area (Å²) in [5.74, 6) is 0.0736. The van der Waals surface area contributed by atoms with Crippen molar-refractivity contribution in [2.24, 2.45) is 5.92 Å². The standard InChI is InChI=1S/C16H22N2O2/c1-10(2)16(20)18-8-7-12-9-13(5-6-14(12)18)15(19)17-11(3)4/h5-6,9-11H,7-8H2,1-4H3,(H,17,19). The average molecular weight is 274 g/mol. The number of benzene rings is 1. The van der Waals surface area contributed by atoms with Gasteiger partial charge in [0.05, 0.1) is 0 Å². The molecule has 0 bridgehead atoms. The van der Waals surface area contributed by atoms with E-state index in [1.807, 2.05) is 44.7 Å². The minimum atomic E-state index is -0.0589. The van der Waals surface area contributed by atoms with Crippen LogP contribution in [0.2, 0.25) is 0 Å². The maximum atomic E-state index is 12.1. The summed E-state index contributed by atoms with van der Waals surface area (Å²) in [6.45, 7) is 8.40. The van der Waals surface area contributed by atoms with Crippen LogP contribution in [0, 0.1) is 5.92 Å². The first-order chi connectivity index (χ1) is 9.40. The van der Waals surface area contributed by atoms with Gasteiger partial charge in [-0.3, -0.25) is 9.59 Å². The number of anilines is 1. The number of nitrogens with zero attached hydrogens (tertiary/aromatic N) is 1. The van der Waals surface area contributed by atoms with Crippen LogP contribution in [-0.4, -0.2) is 24.4 Å². The summed E-state index contributed by atoms with van der Waals surface area (Å²) in [5, 5.41) is 2.88. The Morgan fingerprint density at radius 3 is 2.50 bits per heavy atom. The van der Waals surface area contributed by atoms with Gasteiger partial charge in [0, 0.05) is 29.8 Å². The van der Waals surface area contributed by atoms with E-state index in [1.165, 1.54) is 0 Å². The molecule has 108 valence electrons. The molecule has 1 N–H and O–H groups in total. The van der Waals surface area contributed by atoms with E-state index in [0.29, 0.717) is 12.1 Å². The van der Waals surface area contributed by atoms with Crippen LogP contribution in [0.5, 0.6) is 0 Å². The number of hydrogen-bond acceptors (Lipinski definition) is 2. The fourth-order valence-corrected chi connectivity index (χ4v) is 2.43. The molecule has 2 rings (SSSR count). The molecule has 20 heavy (non-hydrogen) atoms. The van der Waals surface area contributed by atoms with Gasteiger partial charge >= 0.3 is 0 Å². The molecule has 0 aromatic heterocycles. The monoisotopic (exact) mass is 274 g/mol. The lowest BCUT2D eigenvalue weighted by Crippen LogP contribution is -2.32. The van der Waals surface area contributed by atoms with E-state index in [9.17, 15) is 9.59 Å². The summed E-state index contributed by atoms with van der Waals surface area (Å²) in [6.07, 6.45) is 0.816. The summed E-state index contributed by atoms with van der Waals surface area (Å²) in [5.41, 5.74) is 2.69. The van der Waals surface area contributed by atoms with Crippen LogP contribution in [0.1, 0.15) is 43.6 Å². The average Bonchev–Trinajstić information content (AvgIpc) is 2.79. The largest absolute Gasteiger partial charge is 0.350 e. The Bertz CT molecular complexity index is 535. The Morgan fingerprint density at radius 1 is 1.20 bits per heavy atom. The summed E-state index contributed by atoms with van der Waals surface area (Å²) in [4.78, 5) is 25.9. The predicted octanol–water partition coefficient (Wildman–Crippen LogP) is 2.37. The van der Waals surface area contributed by atoms with Gasteiger partial charge in [0.15, 0.2) is 0 Å². The molecule has 0 atom stereocenters. The summed E-state index contributed by atoms with van der Waals surface area (Å²) in [7, 11) is 0. The first kappa shape index (κ1) is 14.6. The highest BCUT2D eigenvalue weighted by Crippen LogP contribution is 2.30. The molecule has 1 aromatic carbocycles. The molecule has 2 amide bonds. The second kappa shape index (κ2) is 5.65.